The average Bonchev–Trinajstić information content (AvgIpc) is 3.15. The highest BCUT2D eigenvalue weighted by molar-refractivity contribution is 7.89. The van der Waals surface area contributed by atoms with E-state index in [0.29, 0.717) is 18.9 Å². The maximum Gasteiger partial charge on any atom is 0.151 e. The Bertz CT molecular complexity index is 1190. The lowest BCUT2D eigenvalue weighted by atomic mass is 10.1. The van der Waals surface area contributed by atoms with Gasteiger partial charge in [0.05, 0.1) is 47.4 Å². The lowest BCUT2D eigenvalue weighted by Gasteiger charge is -2.37. The topological polar surface area (TPSA) is 100 Å². The summed E-state index contributed by atoms with van der Waals surface area (Å²) in [7, 11) is -1.29. The Labute approximate surface area is 189 Å². The molecular weight excluding hydrogens is 426 g/mol. The molecule has 1 aliphatic rings. The van der Waals surface area contributed by atoms with E-state index in [0.717, 1.165) is 59.7 Å². The number of nitrogens with one attached hydrogen (secondary N) is 2. The Balaban J connectivity index is 1.77. The van der Waals surface area contributed by atoms with Gasteiger partial charge in [0.1, 0.15) is 5.82 Å². The van der Waals surface area contributed by atoms with E-state index >= 15 is 0 Å². The Morgan fingerprint density at radius 1 is 1.22 bits per heavy atom. The second-order valence-corrected chi connectivity index (χ2v) is 10.6. The molecule has 1 fully saturated rings. The van der Waals surface area contributed by atoms with Crippen molar-refractivity contribution in [3.05, 3.63) is 41.6 Å². The first-order chi connectivity index (χ1) is 15.4. The van der Waals surface area contributed by atoms with Crippen LogP contribution in [0.1, 0.15) is 31.0 Å². The zero-order chi connectivity index (χ0) is 22.7. The molecule has 4 rings (SSSR count). The number of nitrogens with zero attached hydrogens (tertiary/aromatic N) is 3. The normalized spacial score (nSPS) is 17.2. The van der Waals surface area contributed by atoms with Crippen molar-refractivity contribution in [2.45, 2.75) is 38.1 Å². The van der Waals surface area contributed by atoms with Crippen molar-refractivity contribution in [2.24, 2.45) is 0 Å². The van der Waals surface area contributed by atoms with Crippen LogP contribution in [0.15, 0.2) is 30.3 Å². The Morgan fingerprint density at radius 2 is 2.06 bits per heavy atom. The van der Waals surface area contributed by atoms with E-state index in [1.165, 1.54) is 6.26 Å². The van der Waals surface area contributed by atoms with Gasteiger partial charge in [-0.15, -0.1) is 0 Å². The van der Waals surface area contributed by atoms with Crippen LogP contribution >= 0.6 is 0 Å². The molecule has 0 amide bonds. The molecule has 1 saturated heterocycles. The van der Waals surface area contributed by atoms with E-state index in [1.54, 1.807) is 0 Å². The van der Waals surface area contributed by atoms with Crippen LogP contribution in [0, 0.1) is 0 Å². The zero-order valence-electron chi connectivity index (χ0n) is 18.9. The summed E-state index contributed by atoms with van der Waals surface area (Å²) in [6, 6.07) is 9.92. The standard InChI is InChI=1S/C23H31N5O3S/c1-4-5-18-14-31-9-8-28(18)23-11-16(15-32(3,29)30)10-21(27-23)20-7-6-19-22(26-20)12-17(25-19)13-24-2/h6-7,10-12,18,24-25H,4-5,8-9,13-15H2,1-3H3. The van der Waals surface area contributed by atoms with Gasteiger partial charge in [-0.1, -0.05) is 13.3 Å². The van der Waals surface area contributed by atoms with Gasteiger partial charge in [0.25, 0.3) is 0 Å². The summed E-state index contributed by atoms with van der Waals surface area (Å²) in [5, 5.41) is 3.13. The molecule has 3 aromatic rings. The van der Waals surface area contributed by atoms with Crippen molar-refractivity contribution in [1.82, 2.24) is 20.3 Å². The molecule has 0 aromatic carbocycles. The van der Waals surface area contributed by atoms with Crippen LogP contribution in [0.3, 0.4) is 0 Å². The van der Waals surface area contributed by atoms with E-state index in [2.05, 4.69) is 22.1 Å². The van der Waals surface area contributed by atoms with E-state index in [4.69, 9.17) is 14.7 Å². The minimum atomic E-state index is -3.19. The number of aromatic amines is 1. The van der Waals surface area contributed by atoms with E-state index in [1.807, 2.05) is 37.4 Å². The van der Waals surface area contributed by atoms with Gasteiger partial charge >= 0.3 is 0 Å². The Hall–Kier alpha value is -2.49. The summed E-state index contributed by atoms with van der Waals surface area (Å²) in [5.74, 6) is 0.756. The third-order valence-electron chi connectivity index (χ3n) is 5.60. The average molecular weight is 458 g/mol. The quantitative estimate of drug-likeness (QED) is 0.536. The second-order valence-electron chi connectivity index (χ2n) is 8.45. The maximum atomic E-state index is 12.1. The van der Waals surface area contributed by atoms with Crippen molar-refractivity contribution in [1.29, 1.82) is 0 Å². The maximum absolute atomic E-state index is 12.1. The molecule has 1 unspecified atom stereocenters. The van der Waals surface area contributed by atoms with Crippen molar-refractivity contribution in [3.8, 4) is 11.4 Å². The molecule has 2 N–H and O–H groups in total. The first-order valence-corrected chi connectivity index (χ1v) is 13.1. The van der Waals surface area contributed by atoms with Crippen molar-refractivity contribution in [2.75, 3.05) is 38.0 Å². The smallest absolute Gasteiger partial charge is 0.151 e. The SMILES string of the molecule is CCCC1COCCN1c1cc(CS(C)(=O)=O)cc(-c2ccc3[nH]c(CNC)cc3n2)n1. The van der Waals surface area contributed by atoms with Gasteiger partial charge in [0, 0.05) is 25.0 Å². The molecule has 9 heteroatoms. The summed E-state index contributed by atoms with van der Waals surface area (Å²) in [5.41, 5.74) is 5.01. The highest BCUT2D eigenvalue weighted by Crippen LogP contribution is 2.28. The van der Waals surface area contributed by atoms with Gasteiger partial charge in [0.15, 0.2) is 9.84 Å². The number of ether oxygens (including phenoxy) is 1. The molecular formula is C23H31N5O3S. The zero-order valence-corrected chi connectivity index (χ0v) is 19.7. The summed E-state index contributed by atoms with van der Waals surface area (Å²) in [6.07, 6.45) is 3.30. The van der Waals surface area contributed by atoms with Crippen molar-refractivity contribution < 1.29 is 13.2 Å². The first-order valence-electron chi connectivity index (χ1n) is 11.0. The highest BCUT2D eigenvalue weighted by Gasteiger charge is 2.25. The van der Waals surface area contributed by atoms with Crippen molar-refractivity contribution >= 4 is 26.7 Å². The number of aromatic nitrogens is 3. The minimum absolute atomic E-state index is 0.0307. The number of rotatable bonds is 8. The van der Waals surface area contributed by atoms with E-state index < -0.39 is 9.84 Å². The van der Waals surface area contributed by atoms with E-state index in [9.17, 15) is 8.42 Å². The fraction of sp³-hybridized carbons (Fsp3) is 0.478. The highest BCUT2D eigenvalue weighted by atomic mass is 32.2. The number of fused-ring (bicyclic) bond motifs is 1. The molecule has 0 radical (unpaired) electrons. The van der Waals surface area contributed by atoms with Gasteiger partial charge < -0.3 is 19.9 Å². The number of morpholine rings is 1. The summed E-state index contributed by atoms with van der Waals surface area (Å²) >= 11 is 0. The number of pyridine rings is 2. The molecule has 0 saturated carbocycles. The van der Waals surface area contributed by atoms with Gasteiger partial charge in [-0.05, 0) is 49.4 Å². The molecule has 0 bridgehead atoms. The number of anilines is 1. The number of sulfone groups is 1. The summed E-state index contributed by atoms with van der Waals surface area (Å²) < 4.78 is 29.8. The van der Waals surface area contributed by atoms with Crippen LogP contribution < -0.4 is 10.2 Å². The molecule has 3 aromatic heterocycles. The van der Waals surface area contributed by atoms with Crippen LogP contribution in [-0.2, 0) is 26.9 Å². The summed E-state index contributed by atoms with van der Waals surface area (Å²) in [4.78, 5) is 15.3. The molecule has 32 heavy (non-hydrogen) atoms. The van der Waals surface area contributed by atoms with Crippen LogP contribution in [-0.4, -0.2) is 62.5 Å². The molecule has 1 aliphatic heterocycles. The molecule has 1 atom stereocenters. The Morgan fingerprint density at radius 3 is 2.81 bits per heavy atom. The van der Waals surface area contributed by atoms with Crippen molar-refractivity contribution in [3.63, 3.8) is 0 Å². The van der Waals surface area contributed by atoms with Crippen LogP contribution in [0.25, 0.3) is 22.4 Å². The van der Waals surface area contributed by atoms with Gasteiger partial charge in [-0.25, -0.2) is 18.4 Å². The largest absolute Gasteiger partial charge is 0.377 e. The second kappa shape index (κ2) is 9.56. The molecule has 0 aliphatic carbocycles. The molecule has 172 valence electrons. The van der Waals surface area contributed by atoms with E-state index in [-0.39, 0.29) is 11.8 Å². The lowest BCUT2D eigenvalue weighted by Crippen LogP contribution is -2.46. The van der Waals surface area contributed by atoms with Crippen LogP contribution in [0.4, 0.5) is 5.82 Å². The third kappa shape index (κ3) is 5.28. The van der Waals surface area contributed by atoms with Crippen LogP contribution in [0.5, 0.6) is 0 Å². The predicted octanol–water partition coefficient (Wildman–Crippen LogP) is 2.89. The fourth-order valence-corrected chi connectivity index (χ4v) is 5.03. The number of hydrogen-bond acceptors (Lipinski definition) is 7. The minimum Gasteiger partial charge on any atom is -0.377 e. The fourth-order valence-electron chi connectivity index (χ4n) is 4.26. The lowest BCUT2D eigenvalue weighted by molar-refractivity contribution is 0.0909. The van der Waals surface area contributed by atoms with Crippen LogP contribution in [0.2, 0.25) is 0 Å². The predicted molar refractivity (Wildman–Crippen MR) is 127 cm³/mol. The third-order valence-corrected chi connectivity index (χ3v) is 6.46. The number of hydrogen-bond donors (Lipinski definition) is 2. The molecule has 8 nitrogen and oxygen atoms in total. The van der Waals surface area contributed by atoms with Gasteiger partial charge in [-0.2, -0.15) is 0 Å². The monoisotopic (exact) mass is 457 g/mol. The number of H-pyrrole nitrogens is 1. The Kier molecular flexibility index (Phi) is 6.78. The molecule has 0 spiro atoms. The summed E-state index contributed by atoms with van der Waals surface area (Å²) in [6.45, 7) is 4.91. The molecule has 4 heterocycles. The van der Waals surface area contributed by atoms with Gasteiger partial charge in [-0.3, -0.25) is 0 Å². The first kappa shape index (κ1) is 22.7. The van der Waals surface area contributed by atoms with Gasteiger partial charge in [0.2, 0.25) is 0 Å².